The van der Waals surface area contributed by atoms with Gasteiger partial charge in [0.15, 0.2) is 0 Å². The van der Waals surface area contributed by atoms with Gasteiger partial charge in [-0.05, 0) is 67.9 Å². The molecule has 3 N–H and O–H groups in total. The summed E-state index contributed by atoms with van der Waals surface area (Å²) in [5.41, 5.74) is 9.40. The van der Waals surface area contributed by atoms with Gasteiger partial charge in [0.25, 0.3) is 5.91 Å². The number of esters is 1. The van der Waals surface area contributed by atoms with Crippen molar-refractivity contribution in [3.05, 3.63) is 83.8 Å². The fourth-order valence-electron chi connectivity index (χ4n) is 4.79. The zero-order valence-electron chi connectivity index (χ0n) is 27.0. The molecule has 12 nitrogen and oxygen atoms in total. The standard InChI is InChI=1S/C34H41N7O5.BrH/c1-4-6-7-10-21-46-34(44)39-32(35)24-12-15-26(16-13-24)37-23-30-38-27-22-25(14-17-28(27)40(30)3)33(43)41(20-18-31(42)45-5-2)29-11-8-9-19-36-29;/h8-9,11-17,19,22,37H,4-7,10,18,20-21,23H2,1-3H3,(H2,35,39,44);1H. The van der Waals surface area contributed by atoms with E-state index in [2.05, 4.69) is 22.2 Å². The predicted octanol–water partition coefficient (Wildman–Crippen LogP) is 6.18. The maximum Gasteiger partial charge on any atom is 0.435 e. The van der Waals surface area contributed by atoms with E-state index in [1.807, 2.05) is 29.8 Å². The van der Waals surface area contributed by atoms with Crippen molar-refractivity contribution < 1.29 is 23.9 Å². The summed E-state index contributed by atoms with van der Waals surface area (Å²) in [6, 6.07) is 17.9. The first-order chi connectivity index (χ1) is 22.3. The average Bonchev–Trinajstić information content (AvgIpc) is 3.38. The van der Waals surface area contributed by atoms with E-state index in [0.717, 1.165) is 42.7 Å². The molecule has 0 fully saturated rings. The van der Waals surface area contributed by atoms with Crippen molar-refractivity contribution in [3.63, 3.8) is 0 Å². The minimum atomic E-state index is -0.691. The number of amides is 2. The van der Waals surface area contributed by atoms with Crippen LogP contribution in [0.5, 0.6) is 0 Å². The minimum absolute atomic E-state index is 0. The smallest absolute Gasteiger partial charge is 0.435 e. The SMILES string of the molecule is Br.CCCCCCOC(=O)/N=C(/N)c1ccc(NCc2nc3cc(C(=O)N(CCC(=O)OCC)c4ccccn4)ccc3n2C)cc1. The molecule has 2 heterocycles. The minimum Gasteiger partial charge on any atom is -0.466 e. The summed E-state index contributed by atoms with van der Waals surface area (Å²) in [5, 5.41) is 3.35. The highest BCUT2D eigenvalue weighted by molar-refractivity contribution is 8.93. The Kier molecular flexibility index (Phi) is 14.4. The van der Waals surface area contributed by atoms with Crippen LogP contribution in [0.2, 0.25) is 0 Å². The maximum atomic E-state index is 13.6. The summed E-state index contributed by atoms with van der Waals surface area (Å²) >= 11 is 0. The topological polar surface area (TPSA) is 154 Å². The third-order valence-electron chi connectivity index (χ3n) is 7.30. The first-order valence-corrected chi connectivity index (χ1v) is 15.5. The number of anilines is 2. The maximum absolute atomic E-state index is 13.6. The number of benzene rings is 2. The first kappa shape index (κ1) is 36.7. The number of aliphatic imine (C=N–C) groups is 1. The Morgan fingerprint density at radius 3 is 2.45 bits per heavy atom. The van der Waals surface area contributed by atoms with E-state index < -0.39 is 6.09 Å². The van der Waals surface area contributed by atoms with Crippen molar-refractivity contribution in [2.24, 2.45) is 17.8 Å². The lowest BCUT2D eigenvalue weighted by Gasteiger charge is -2.21. The summed E-state index contributed by atoms with van der Waals surface area (Å²) < 4.78 is 12.1. The van der Waals surface area contributed by atoms with Crippen molar-refractivity contribution in [1.29, 1.82) is 0 Å². The summed E-state index contributed by atoms with van der Waals surface area (Å²) in [6.45, 7) is 5.02. The highest BCUT2D eigenvalue weighted by atomic mass is 79.9. The Labute approximate surface area is 285 Å². The number of nitrogens with two attached hydrogens (primary N) is 1. The molecule has 13 heteroatoms. The number of aromatic nitrogens is 3. The van der Waals surface area contributed by atoms with Gasteiger partial charge < -0.3 is 25.1 Å². The van der Waals surface area contributed by atoms with Gasteiger partial charge in [0.2, 0.25) is 0 Å². The summed E-state index contributed by atoms with van der Waals surface area (Å²) in [7, 11) is 1.91. The number of rotatable bonds is 15. The fourth-order valence-corrected chi connectivity index (χ4v) is 4.79. The number of carbonyl (C=O) groups excluding carboxylic acids is 3. The van der Waals surface area contributed by atoms with Crippen LogP contribution in [0.3, 0.4) is 0 Å². The number of amidine groups is 1. The van der Waals surface area contributed by atoms with Crippen LogP contribution in [0, 0.1) is 0 Å². The molecule has 4 aromatic rings. The summed E-state index contributed by atoms with van der Waals surface area (Å²) in [4.78, 5) is 52.0. The number of aryl methyl sites for hydroxylation is 1. The van der Waals surface area contributed by atoms with Crippen molar-refractivity contribution in [2.75, 3.05) is 30.0 Å². The van der Waals surface area contributed by atoms with Crippen LogP contribution >= 0.6 is 17.0 Å². The molecule has 0 radical (unpaired) electrons. The second-order valence-electron chi connectivity index (χ2n) is 10.6. The molecule has 0 aliphatic rings. The molecule has 0 saturated heterocycles. The number of hydrogen-bond donors (Lipinski definition) is 2. The van der Waals surface area contributed by atoms with Crippen LogP contribution in [0.15, 0.2) is 71.9 Å². The highest BCUT2D eigenvalue weighted by Gasteiger charge is 2.21. The number of carbonyl (C=O) groups is 3. The van der Waals surface area contributed by atoms with Crippen LogP contribution in [0.4, 0.5) is 16.3 Å². The van der Waals surface area contributed by atoms with Crippen LogP contribution in [0.25, 0.3) is 11.0 Å². The number of pyridine rings is 1. The lowest BCUT2D eigenvalue weighted by Crippen LogP contribution is -2.34. The molecule has 0 unspecified atom stereocenters. The predicted molar refractivity (Wildman–Crippen MR) is 188 cm³/mol. The molecule has 47 heavy (non-hydrogen) atoms. The molecule has 0 spiro atoms. The van der Waals surface area contributed by atoms with E-state index in [0.29, 0.717) is 35.6 Å². The molecule has 0 aliphatic heterocycles. The van der Waals surface area contributed by atoms with Crippen molar-refractivity contribution in [1.82, 2.24) is 14.5 Å². The van der Waals surface area contributed by atoms with Crippen LogP contribution < -0.4 is 16.0 Å². The van der Waals surface area contributed by atoms with E-state index in [-0.39, 0.29) is 54.3 Å². The van der Waals surface area contributed by atoms with Crippen LogP contribution in [-0.4, -0.2) is 58.1 Å². The Balaban J connectivity index is 0.00000600. The number of halogens is 1. The van der Waals surface area contributed by atoms with Gasteiger partial charge >= 0.3 is 12.1 Å². The Morgan fingerprint density at radius 1 is 0.979 bits per heavy atom. The molecular formula is C34H42BrN7O5. The van der Waals surface area contributed by atoms with E-state index in [1.165, 1.54) is 4.90 Å². The monoisotopic (exact) mass is 707 g/mol. The van der Waals surface area contributed by atoms with Gasteiger partial charge in [-0.3, -0.25) is 14.5 Å². The lowest BCUT2D eigenvalue weighted by molar-refractivity contribution is -0.142. The van der Waals surface area contributed by atoms with Gasteiger partial charge in [-0.25, -0.2) is 14.8 Å². The van der Waals surface area contributed by atoms with Gasteiger partial charge in [0, 0.05) is 36.6 Å². The Morgan fingerprint density at radius 2 is 1.74 bits per heavy atom. The van der Waals surface area contributed by atoms with Crippen LogP contribution in [0.1, 0.15) is 67.7 Å². The third-order valence-corrected chi connectivity index (χ3v) is 7.30. The van der Waals surface area contributed by atoms with Crippen LogP contribution in [-0.2, 0) is 27.9 Å². The highest BCUT2D eigenvalue weighted by Crippen LogP contribution is 2.21. The molecule has 4 rings (SSSR count). The number of hydrogen-bond acceptors (Lipinski definition) is 8. The lowest BCUT2D eigenvalue weighted by atomic mass is 10.1. The molecule has 2 aromatic carbocycles. The summed E-state index contributed by atoms with van der Waals surface area (Å²) in [6.07, 6.45) is 4.99. The van der Waals surface area contributed by atoms with Gasteiger partial charge in [-0.15, -0.1) is 17.0 Å². The average molecular weight is 709 g/mol. The Bertz CT molecular complexity index is 1660. The zero-order valence-corrected chi connectivity index (χ0v) is 28.7. The van der Waals surface area contributed by atoms with Gasteiger partial charge in [0.1, 0.15) is 17.5 Å². The number of imidazole rings is 1. The molecular weight excluding hydrogens is 666 g/mol. The van der Waals surface area contributed by atoms with E-state index in [1.54, 1.807) is 55.6 Å². The fraction of sp³-hybridized carbons (Fsp3) is 0.353. The van der Waals surface area contributed by atoms with E-state index in [9.17, 15) is 14.4 Å². The number of nitrogens with one attached hydrogen (secondary N) is 1. The second kappa shape index (κ2) is 18.4. The zero-order chi connectivity index (χ0) is 32.9. The Hall–Kier alpha value is -4.78. The van der Waals surface area contributed by atoms with E-state index in [4.69, 9.17) is 20.2 Å². The molecule has 250 valence electrons. The molecule has 2 amide bonds. The second-order valence-corrected chi connectivity index (χ2v) is 10.6. The van der Waals surface area contributed by atoms with Crippen molar-refractivity contribution in [2.45, 2.75) is 52.5 Å². The van der Waals surface area contributed by atoms with Gasteiger partial charge in [0.05, 0.1) is 37.2 Å². The first-order valence-electron chi connectivity index (χ1n) is 15.5. The third kappa shape index (κ3) is 10.4. The number of fused-ring (bicyclic) bond motifs is 1. The van der Waals surface area contributed by atoms with Gasteiger partial charge in [-0.1, -0.05) is 32.3 Å². The normalized spacial score (nSPS) is 11.1. The number of unbranched alkanes of at least 4 members (excludes halogenated alkanes) is 3. The van der Waals surface area contributed by atoms with E-state index >= 15 is 0 Å². The molecule has 2 aromatic heterocycles. The molecule has 0 saturated carbocycles. The number of ether oxygens (including phenoxy) is 2. The van der Waals surface area contributed by atoms with Crippen molar-refractivity contribution >= 4 is 63.3 Å². The summed E-state index contributed by atoms with van der Waals surface area (Å²) in [5.74, 6) is 0.620. The molecule has 0 aliphatic carbocycles. The number of nitrogens with zero attached hydrogens (tertiary/aromatic N) is 5. The van der Waals surface area contributed by atoms with Gasteiger partial charge in [-0.2, -0.15) is 4.99 Å². The van der Waals surface area contributed by atoms with Crippen molar-refractivity contribution in [3.8, 4) is 0 Å². The molecule has 0 bridgehead atoms. The quantitative estimate of drug-likeness (QED) is 0.0638. The largest absolute Gasteiger partial charge is 0.466 e. The molecule has 0 atom stereocenters.